The van der Waals surface area contributed by atoms with Crippen molar-refractivity contribution in [1.82, 2.24) is 10.2 Å². The van der Waals surface area contributed by atoms with Gasteiger partial charge in [0, 0.05) is 12.0 Å². The largest absolute Gasteiger partial charge is 0.466 e. The number of ether oxygens (including phenoxy) is 1. The molecule has 1 aliphatic heterocycles. The van der Waals surface area contributed by atoms with E-state index in [0.717, 1.165) is 36.1 Å². The summed E-state index contributed by atoms with van der Waals surface area (Å²) in [6, 6.07) is 7.83. The highest BCUT2D eigenvalue weighted by molar-refractivity contribution is 6.04. The second-order valence-corrected chi connectivity index (χ2v) is 8.74. The molecule has 5 nitrogen and oxygen atoms in total. The van der Waals surface area contributed by atoms with E-state index in [4.69, 9.17) is 4.74 Å². The number of amides is 1. The van der Waals surface area contributed by atoms with Crippen LogP contribution in [0.3, 0.4) is 0 Å². The first kappa shape index (κ1) is 20.1. The van der Waals surface area contributed by atoms with Crippen LogP contribution in [-0.2, 0) is 20.7 Å². The Balaban J connectivity index is 1.35. The van der Waals surface area contributed by atoms with Crippen molar-refractivity contribution in [2.45, 2.75) is 51.4 Å². The Morgan fingerprint density at radius 3 is 2.45 bits per heavy atom. The van der Waals surface area contributed by atoms with Gasteiger partial charge in [0.2, 0.25) is 5.91 Å². The van der Waals surface area contributed by atoms with Crippen LogP contribution in [0, 0.1) is 11.8 Å². The fourth-order valence-corrected chi connectivity index (χ4v) is 5.37. The molecule has 1 amide bonds. The van der Waals surface area contributed by atoms with Gasteiger partial charge in [0.05, 0.1) is 24.9 Å². The molecule has 2 aliphatic carbocycles. The minimum absolute atomic E-state index is 0.0470. The quantitative estimate of drug-likeness (QED) is 0.774. The van der Waals surface area contributed by atoms with E-state index in [2.05, 4.69) is 10.2 Å². The number of esters is 1. The lowest BCUT2D eigenvalue weighted by molar-refractivity contribution is -0.136. The summed E-state index contributed by atoms with van der Waals surface area (Å²) >= 11 is 0. The van der Waals surface area contributed by atoms with Crippen LogP contribution in [0.2, 0.25) is 0 Å². The van der Waals surface area contributed by atoms with Crippen molar-refractivity contribution >= 4 is 17.6 Å². The number of benzene rings is 1. The summed E-state index contributed by atoms with van der Waals surface area (Å²) < 4.78 is 4.94. The molecular weight excluding hydrogens is 364 g/mol. The number of likely N-dealkylation sites (tertiary alicyclic amines) is 1. The summed E-state index contributed by atoms with van der Waals surface area (Å²) in [4.78, 5) is 27.2. The number of carbonyl (C=O) groups excluding carboxylic acids is 2. The van der Waals surface area contributed by atoms with E-state index in [-0.39, 0.29) is 11.9 Å². The van der Waals surface area contributed by atoms with Crippen LogP contribution in [0.1, 0.15) is 56.1 Å². The second-order valence-electron chi connectivity index (χ2n) is 8.74. The van der Waals surface area contributed by atoms with E-state index in [0.29, 0.717) is 24.2 Å². The highest BCUT2D eigenvalue weighted by atomic mass is 16.5. The third-order valence-electron chi connectivity index (χ3n) is 6.97. The second kappa shape index (κ2) is 9.12. The number of rotatable bonds is 5. The summed E-state index contributed by atoms with van der Waals surface area (Å²) in [6.07, 6.45) is 9.91. The van der Waals surface area contributed by atoms with Gasteiger partial charge in [-0.1, -0.05) is 56.4 Å². The number of nitrogens with one attached hydrogen (secondary N) is 1. The Hall–Kier alpha value is -2.14. The van der Waals surface area contributed by atoms with Crippen molar-refractivity contribution in [3.05, 3.63) is 41.0 Å². The molecule has 5 heteroatoms. The summed E-state index contributed by atoms with van der Waals surface area (Å²) in [6.45, 7) is 2.37. The van der Waals surface area contributed by atoms with Gasteiger partial charge in [-0.05, 0) is 43.3 Å². The van der Waals surface area contributed by atoms with Crippen molar-refractivity contribution in [3.8, 4) is 0 Å². The third kappa shape index (κ3) is 4.55. The van der Waals surface area contributed by atoms with Crippen LogP contribution in [0.15, 0.2) is 29.8 Å². The van der Waals surface area contributed by atoms with Crippen molar-refractivity contribution in [2.24, 2.45) is 11.8 Å². The number of fused-ring (bicyclic) bond motifs is 1. The number of methoxy groups -OCH3 is 1. The molecule has 2 fully saturated rings. The van der Waals surface area contributed by atoms with E-state index in [1.165, 1.54) is 52.1 Å². The van der Waals surface area contributed by atoms with Gasteiger partial charge in [0.15, 0.2) is 0 Å². The van der Waals surface area contributed by atoms with Crippen LogP contribution in [-0.4, -0.2) is 43.5 Å². The lowest BCUT2D eigenvalue weighted by Gasteiger charge is -2.37. The van der Waals surface area contributed by atoms with Crippen molar-refractivity contribution in [1.29, 1.82) is 0 Å². The number of carbonyl (C=O) groups is 2. The molecule has 0 aromatic heterocycles. The Labute approximate surface area is 173 Å². The Kier molecular flexibility index (Phi) is 6.34. The van der Waals surface area contributed by atoms with Gasteiger partial charge in [0.1, 0.15) is 0 Å². The van der Waals surface area contributed by atoms with Crippen LogP contribution in [0.4, 0.5) is 0 Å². The zero-order chi connectivity index (χ0) is 20.2. The zero-order valence-electron chi connectivity index (χ0n) is 17.4. The van der Waals surface area contributed by atoms with Gasteiger partial charge < -0.3 is 10.1 Å². The number of hydrogen-bond acceptors (Lipinski definition) is 4. The molecule has 0 unspecified atom stereocenters. The lowest BCUT2D eigenvalue weighted by atomic mass is 9.76. The minimum Gasteiger partial charge on any atom is -0.466 e. The number of nitrogens with zero attached hydrogens (tertiary/aromatic N) is 1. The molecule has 0 spiro atoms. The van der Waals surface area contributed by atoms with Gasteiger partial charge in [-0.15, -0.1) is 0 Å². The average molecular weight is 397 g/mol. The fraction of sp³-hybridized carbons (Fsp3) is 0.583. The molecule has 156 valence electrons. The minimum atomic E-state index is -0.371. The molecule has 1 aromatic carbocycles. The summed E-state index contributed by atoms with van der Waals surface area (Å²) in [7, 11) is 1.38. The van der Waals surface area contributed by atoms with Crippen LogP contribution in [0.5, 0.6) is 0 Å². The van der Waals surface area contributed by atoms with Gasteiger partial charge in [-0.2, -0.15) is 0 Å². The molecule has 0 atom stereocenters. The summed E-state index contributed by atoms with van der Waals surface area (Å²) in [5.41, 5.74) is 3.14. The van der Waals surface area contributed by atoms with E-state index in [1.54, 1.807) is 0 Å². The van der Waals surface area contributed by atoms with Crippen LogP contribution >= 0.6 is 0 Å². The molecular formula is C24H32N2O3. The Bertz CT molecular complexity index is 787. The van der Waals surface area contributed by atoms with Gasteiger partial charge >= 0.3 is 5.97 Å². The first-order valence-electron chi connectivity index (χ1n) is 11.1. The maximum atomic E-state index is 12.8. The molecule has 1 aromatic rings. The Morgan fingerprint density at radius 1 is 1.03 bits per heavy atom. The SMILES string of the molecule is COC(=O)C1=C(NC(=O)CN2CCC(C3CCCCC3)CC2)c2ccccc2C1. The maximum Gasteiger partial charge on any atom is 0.336 e. The molecule has 3 aliphatic rings. The molecule has 4 rings (SSSR count). The van der Waals surface area contributed by atoms with E-state index >= 15 is 0 Å². The molecule has 0 bridgehead atoms. The number of piperidine rings is 1. The van der Waals surface area contributed by atoms with Crippen LogP contribution in [0.25, 0.3) is 5.70 Å². The van der Waals surface area contributed by atoms with Crippen molar-refractivity contribution < 1.29 is 14.3 Å². The predicted octanol–water partition coefficient (Wildman–Crippen LogP) is 3.54. The topological polar surface area (TPSA) is 58.6 Å². The molecule has 1 heterocycles. The van der Waals surface area contributed by atoms with E-state index < -0.39 is 0 Å². The zero-order valence-corrected chi connectivity index (χ0v) is 17.4. The van der Waals surface area contributed by atoms with Crippen molar-refractivity contribution in [3.63, 3.8) is 0 Å². The first-order chi connectivity index (χ1) is 14.2. The monoisotopic (exact) mass is 396 g/mol. The third-order valence-corrected chi connectivity index (χ3v) is 6.97. The average Bonchev–Trinajstić information content (AvgIpc) is 3.12. The lowest BCUT2D eigenvalue weighted by Crippen LogP contribution is -2.42. The number of hydrogen-bond donors (Lipinski definition) is 1. The molecule has 1 saturated heterocycles. The van der Waals surface area contributed by atoms with Crippen LogP contribution < -0.4 is 5.32 Å². The highest BCUT2D eigenvalue weighted by Gasteiger charge is 2.30. The first-order valence-corrected chi connectivity index (χ1v) is 11.1. The molecule has 1 N–H and O–H groups in total. The van der Waals surface area contributed by atoms with E-state index in [9.17, 15) is 9.59 Å². The van der Waals surface area contributed by atoms with Crippen molar-refractivity contribution in [2.75, 3.05) is 26.7 Å². The van der Waals surface area contributed by atoms with Gasteiger partial charge in [0.25, 0.3) is 0 Å². The molecule has 29 heavy (non-hydrogen) atoms. The normalized spacial score (nSPS) is 21.1. The van der Waals surface area contributed by atoms with E-state index in [1.807, 2.05) is 24.3 Å². The standard InChI is InChI=1S/C24H32N2O3/c1-29-24(28)21-15-19-9-5-6-10-20(19)23(21)25-22(27)16-26-13-11-18(12-14-26)17-7-3-2-4-8-17/h5-6,9-10,17-18H,2-4,7-8,11-16H2,1H3,(H,25,27). The molecule has 0 radical (unpaired) electrons. The summed E-state index contributed by atoms with van der Waals surface area (Å²) in [5.74, 6) is 1.33. The predicted molar refractivity (Wildman–Crippen MR) is 113 cm³/mol. The Morgan fingerprint density at radius 2 is 1.72 bits per heavy atom. The molecule has 1 saturated carbocycles. The fourth-order valence-electron chi connectivity index (χ4n) is 5.37. The smallest absolute Gasteiger partial charge is 0.336 e. The van der Waals surface area contributed by atoms with Gasteiger partial charge in [-0.25, -0.2) is 4.79 Å². The highest BCUT2D eigenvalue weighted by Crippen LogP contribution is 2.35. The van der Waals surface area contributed by atoms with Gasteiger partial charge in [-0.3, -0.25) is 9.69 Å². The maximum absolute atomic E-state index is 12.8. The summed E-state index contributed by atoms with van der Waals surface area (Å²) in [5, 5.41) is 3.02.